The Morgan fingerprint density at radius 3 is 2.50 bits per heavy atom. The molecule has 2 aromatic rings. The number of aryl methyl sites for hydroxylation is 1. The average molecular weight is 298 g/mol. The van der Waals surface area contributed by atoms with E-state index in [2.05, 4.69) is 29.9 Å². The highest BCUT2D eigenvalue weighted by Gasteiger charge is 2.22. The maximum atomic E-state index is 10.2. The lowest BCUT2D eigenvalue weighted by atomic mass is 10.1. The van der Waals surface area contributed by atoms with Crippen LogP contribution in [0.2, 0.25) is 0 Å². The monoisotopic (exact) mass is 298 g/mol. The number of likely N-dealkylation sites (tertiary alicyclic amines) is 1. The van der Waals surface area contributed by atoms with E-state index in [0.29, 0.717) is 11.6 Å². The van der Waals surface area contributed by atoms with E-state index >= 15 is 0 Å². The summed E-state index contributed by atoms with van der Waals surface area (Å²) in [7, 11) is 2.19. The second kappa shape index (κ2) is 7.71. The highest BCUT2D eigenvalue weighted by molar-refractivity contribution is 5.87. The Morgan fingerprint density at radius 1 is 1.27 bits per heavy atom. The van der Waals surface area contributed by atoms with Gasteiger partial charge in [0.1, 0.15) is 0 Å². The van der Waals surface area contributed by atoms with Gasteiger partial charge in [0.2, 0.25) is 0 Å². The second-order valence-corrected chi connectivity index (χ2v) is 5.61. The maximum absolute atomic E-state index is 10.2. The summed E-state index contributed by atoms with van der Waals surface area (Å²) in [5.74, 6) is -0.879. The molecule has 0 bridgehead atoms. The molecule has 0 spiro atoms. The van der Waals surface area contributed by atoms with E-state index in [0.717, 1.165) is 0 Å². The van der Waals surface area contributed by atoms with Crippen LogP contribution in [0.25, 0.3) is 0 Å². The van der Waals surface area contributed by atoms with Crippen molar-refractivity contribution in [2.45, 2.75) is 25.8 Å². The molecule has 4 heteroatoms. The third kappa shape index (κ3) is 4.40. The molecule has 22 heavy (non-hydrogen) atoms. The van der Waals surface area contributed by atoms with Crippen LogP contribution in [0.3, 0.4) is 0 Å². The molecule has 2 heterocycles. The van der Waals surface area contributed by atoms with Crippen molar-refractivity contribution in [2.24, 2.45) is 0 Å². The Hall–Kier alpha value is -2.20. The minimum absolute atomic E-state index is 0.331. The smallest absolute Gasteiger partial charge is 0.335 e. The summed E-state index contributed by atoms with van der Waals surface area (Å²) < 4.78 is 0. The number of carbonyl (C=O) groups is 1. The molecular weight excluding hydrogens is 276 g/mol. The van der Waals surface area contributed by atoms with Crippen molar-refractivity contribution < 1.29 is 9.90 Å². The van der Waals surface area contributed by atoms with Crippen LogP contribution in [-0.4, -0.2) is 34.6 Å². The number of aromatic nitrogens is 1. The van der Waals surface area contributed by atoms with Crippen LogP contribution in [0.5, 0.6) is 0 Å². The van der Waals surface area contributed by atoms with E-state index in [1.165, 1.54) is 30.5 Å². The summed E-state index contributed by atoms with van der Waals surface area (Å²) in [4.78, 5) is 16.9. The van der Waals surface area contributed by atoms with Crippen LogP contribution in [-0.2, 0) is 0 Å². The lowest BCUT2D eigenvalue weighted by Gasteiger charge is -2.19. The largest absolute Gasteiger partial charge is 0.478 e. The van der Waals surface area contributed by atoms with Crippen LogP contribution in [0.1, 0.15) is 40.4 Å². The third-order valence-corrected chi connectivity index (χ3v) is 3.82. The van der Waals surface area contributed by atoms with E-state index in [1.807, 2.05) is 12.4 Å². The predicted molar refractivity (Wildman–Crippen MR) is 87.0 cm³/mol. The minimum Gasteiger partial charge on any atom is -0.478 e. The Morgan fingerprint density at radius 2 is 2.00 bits per heavy atom. The lowest BCUT2D eigenvalue weighted by Crippen LogP contribution is -2.17. The summed E-state index contributed by atoms with van der Waals surface area (Å²) in [6.45, 7) is 3.32. The zero-order valence-electron chi connectivity index (χ0n) is 13.1. The van der Waals surface area contributed by atoms with E-state index in [-0.39, 0.29) is 0 Å². The van der Waals surface area contributed by atoms with Gasteiger partial charge in [0.15, 0.2) is 0 Å². The molecule has 1 aromatic heterocycles. The summed E-state index contributed by atoms with van der Waals surface area (Å²) in [6.07, 6.45) is 6.51. The van der Waals surface area contributed by atoms with Crippen molar-refractivity contribution in [1.82, 2.24) is 9.88 Å². The van der Waals surface area contributed by atoms with Gasteiger partial charge in [0.25, 0.3) is 0 Å². The highest BCUT2D eigenvalue weighted by Crippen LogP contribution is 2.29. The SMILES string of the molecule is Cc1cncc([C@@H]2CCCN2C)c1.O=C(O)c1ccccc1. The van der Waals surface area contributed by atoms with Gasteiger partial charge in [-0.2, -0.15) is 0 Å². The normalized spacial score (nSPS) is 17.6. The van der Waals surface area contributed by atoms with Gasteiger partial charge in [-0.05, 0) is 56.6 Å². The van der Waals surface area contributed by atoms with Crippen molar-refractivity contribution in [3.63, 3.8) is 0 Å². The van der Waals surface area contributed by atoms with Crippen molar-refractivity contribution in [2.75, 3.05) is 13.6 Å². The first-order valence-electron chi connectivity index (χ1n) is 7.48. The predicted octanol–water partition coefficient (Wildman–Crippen LogP) is 3.54. The quantitative estimate of drug-likeness (QED) is 0.921. The fourth-order valence-electron chi connectivity index (χ4n) is 2.67. The van der Waals surface area contributed by atoms with Gasteiger partial charge >= 0.3 is 5.97 Å². The number of rotatable bonds is 2. The summed E-state index contributed by atoms with van der Waals surface area (Å²) in [6, 6.07) is 11.1. The number of benzene rings is 1. The molecule has 1 aliphatic rings. The number of carboxylic acids is 1. The first kappa shape index (κ1) is 16.2. The van der Waals surface area contributed by atoms with E-state index < -0.39 is 5.97 Å². The number of hydrogen-bond donors (Lipinski definition) is 1. The molecule has 1 aromatic carbocycles. The standard InChI is InChI=1S/C11H16N2.C7H6O2/c1-9-6-10(8-12-7-9)11-4-3-5-13(11)2;8-7(9)6-4-2-1-3-5-6/h6-8,11H,3-5H2,1-2H3;1-5H,(H,8,9)/t11-;/m0./s1. The number of nitrogens with zero attached hydrogens (tertiary/aromatic N) is 2. The van der Waals surface area contributed by atoms with Crippen molar-refractivity contribution in [3.8, 4) is 0 Å². The van der Waals surface area contributed by atoms with Crippen LogP contribution >= 0.6 is 0 Å². The number of pyridine rings is 1. The molecule has 0 radical (unpaired) electrons. The fraction of sp³-hybridized carbons (Fsp3) is 0.333. The van der Waals surface area contributed by atoms with Crippen LogP contribution in [0.4, 0.5) is 0 Å². The van der Waals surface area contributed by atoms with Gasteiger partial charge in [0.05, 0.1) is 5.56 Å². The van der Waals surface area contributed by atoms with Crippen molar-refractivity contribution >= 4 is 5.97 Å². The molecule has 1 N–H and O–H groups in total. The Kier molecular flexibility index (Phi) is 5.67. The van der Waals surface area contributed by atoms with Gasteiger partial charge in [0, 0.05) is 18.4 Å². The maximum Gasteiger partial charge on any atom is 0.335 e. The summed E-state index contributed by atoms with van der Waals surface area (Å²) >= 11 is 0. The first-order chi connectivity index (χ1) is 10.6. The molecule has 1 aliphatic heterocycles. The second-order valence-electron chi connectivity index (χ2n) is 5.61. The molecule has 0 unspecified atom stereocenters. The van der Waals surface area contributed by atoms with Gasteiger partial charge in [-0.15, -0.1) is 0 Å². The Balaban J connectivity index is 0.000000172. The average Bonchev–Trinajstić information content (AvgIpc) is 2.95. The molecule has 1 saturated heterocycles. The molecule has 0 saturated carbocycles. The van der Waals surface area contributed by atoms with Gasteiger partial charge in [-0.3, -0.25) is 9.88 Å². The lowest BCUT2D eigenvalue weighted by molar-refractivity contribution is 0.0697. The number of carboxylic acid groups (broad SMARTS) is 1. The fourth-order valence-corrected chi connectivity index (χ4v) is 2.67. The van der Waals surface area contributed by atoms with Gasteiger partial charge in [-0.25, -0.2) is 4.79 Å². The van der Waals surface area contributed by atoms with Gasteiger partial charge in [-0.1, -0.05) is 24.3 Å². The molecular formula is C18H22N2O2. The summed E-state index contributed by atoms with van der Waals surface area (Å²) in [5.41, 5.74) is 2.97. The summed E-state index contributed by atoms with van der Waals surface area (Å²) in [5, 5.41) is 8.38. The minimum atomic E-state index is -0.879. The molecule has 1 atom stereocenters. The van der Waals surface area contributed by atoms with Crippen molar-refractivity contribution in [3.05, 3.63) is 65.5 Å². The Bertz CT molecular complexity index is 613. The van der Waals surface area contributed by atoms with E-state index in [9.17, 15) is 4.79 Å². The van der Waals surface area contributed by atoms with Gasteiger partial charge < -0.3 is 5.11 Å². The molecule has 4 nitrogen and oxygen atoms in total. The van der Waals surface area contributed by atoms with Crippen LogP contribution < -0.4 is 0 Å². The third-order valence-electron chi connectivity index (χ3n) is 3.82. The first-order valence-corrected chi connectivity index (χ1v) is 7.48. The number of hydrogen-bond acceptors (Lipinski definition) is 3. The zero-order chi connectivity index (χ0) is 15.9. The molecule has 3 rings (SSSR count). The van der Waals surface area contributed by atoms with Crippen molar-refractivity contribution in [1.29, 1.82) is 0 Å². The molecule has 1 fully saturated rings. The van der Waals surface area contributed by atoms with Crippen LogP contribution in [0, 0.1) is 6.92 Å². The Labute approximate surface area is 131 Å². The molecule has 0 aliphatic carbocycles. The zero-order valence-corrected chi connectivity index (χ0v) is 13.1. The number of aromatic carboxylic acids is 1. The van der Waals surface area contributed by atoms with Crippen LogP contribution in [0.15, 0.2) is 48.8 Å². The topological polar surface area (TPSA) is 53.4 Å². The highest BCUT2D eigenvalue weighted by atomic mass is 16.4. The van der Waals surface area contributed by atoms with E-state index in [4.69, 9.17) is 5.11 Å². The molecule has 0 amide bonds. The van der Waals surface area contributed by atoms with E-state index in [1.54, 1.807) is 30.3 Å². The molecule has 116 valence electrons.